The number of nitrogens with two attached hydrogens (primary N) is 1. The normalized spacial score (nSPS) is 7.85. The van der Waals surface area contributed by atoms with Gasteiger partial charge in [0.2, 0.25) is 11.8 Å². The maximum atomic E-state index is 10.1. The first-order valence-electron chi connectivity index (χ1n) is 3.76. The highest BCUT2D eigenvalue weighted by Gasteiger charge is 1.96. The van der Waals surface area contributed by atoms with E-state index in [1.165, 1.54) is 11.8 Å². The molecule has 0 atom stereocenters. The van der Waals surface area contributed by atoms with Gasteiger partial charge in [0.05, 0.1) is 0 Å². The van der Waals surface area contributed by atoms with E-state index in [-0.39, 0.29) is 23.9 Å². The number of hydrogen-bond donors (Lipinski definition) is 2. The van der Waals surface area contributed by atoms with Crippen LogP contribution in [0.3, 0.4) is 0 Å². The van der Waals surface area contributed by atoms with Crippen molar-refractivity contribution in [2.24, 2.45) is 11.7 Å². The molecule has 0 radical (unpaired) electrons. The Kier molecular flexibility index (Phi) is 12.3. The lowest BCUT2D eigenvalue weighted by atomic mass is 10.2. The highest BCUT2D eigenvalue weighted by atomic mass is 16.2. The lowest BCUT2D eigenvalue weighted by Crippen LogP contribution is -2.17. The number of hydrogen-bond acceptors (Lipinski definition) is 3. The fourth-order valence-electron chi connectivity index (χ4n) is 0. The van der Waals surface area contributed by atoms with Gasteiger partial charge in [-0.3, -0.25) is 9.59 Å². The Labute approximate surface area is 79.9 Å². The summed E-state index contributed by atoms with van der Waals surface area (Å²) >= 11 is 0. The fourth-order valence-corrected chi connectivity index (χ4v) is 0. The Balaban J connectivity index is -0.000000143. The molecular weight excluding hydrogens is 170 g/mol. The second kappa shape index (κ2) is 8.99. The molecule has 0 aliphatic carbocycles. The maximum Gasteiger partial charge on any atom is 0.219 e. The van der Waals surface area contributed by atoms with E-state index in [4.69, 9.17) is 5.73 Å². The predicted octanol–water partition coefficient (Wildman–Crippen LogP) is 0.384. The van der Waals surface area contributed by atoms with Crippen LogP contribution in [0.15, 0.2) is 0 Å². The Morgan fingerprint density at radius 1 is 1.23 bits per heavy atom. The van der Waals surface area contributed by atoms with Gasteiger partial charge in [-0.2, -0.15) is 0 Å². The first kappa shape index (κ1) is 17.8. The smallest absolute Gasteiger partial charge is 0.219 e. The van der Waals surface area contributed by atoms with Crippen LogP contribution < -0.4 is 11.9 Å². The maximum absolute atomic E-state index is 10.1. The van der Waals surface area contributed by atoms with Crippen LogP contribution in [-0.2, 0) is 9.59 Å². The molecule has 0 unspecified atom stereocenters. The van der Waals surface area contributed by atoms with E-state index in [0.29, 0.717) is 0 Å². The van der Waals surface area contributed by atoms with Gasteiger partial charge < -0.3 is 16.8 Å². The van der Waals surface area contributed by atoms with E-state index >= 15 is 0 Å². The summed E-state index contributed by atoms with van der Waals surface area (Å²) in [7, 11) is 3.45. The molecule has 0 saturated carbocycles. The van der Waals surface area contributed by atoms with Gasteiger partial charge in [-0.1, -0.05) is 13.8 Å². The SMILES string of the molecule is CC(=O)N(C)C.CC(C)C(N)=O.N. The molecule has 0 aromatic carbocycles. The summed E-state index contributed by atoms with van der Waals surface area (Å²) < 4.78 is 0. The van der Waals surface area contributed by atoms with Gasteiger partial charge >= 0.3 is 0 Å². The van der Waals surface area contributed by atoms with Crippen molar-refractivity contribution in [1.82, 2.24) is 11.1 Å². The predicted molar refractivity (Wildman–Crippen MR) is 53.4 cm³/mol. The van der Waals surface area contributed by atoms with Crippen molar-refractivity contribution in [2.75, 3.05) is 14.1 Å². The van der Waals surface area contributed by atoms with E-state index in [0.717, 1.165) is 0 Å². The van der Waals surface area contributed by atoms with Gasteiger partial charge in [-0.25, -0.2) is 0 Å². The molecule has 0 aliphatic heterocycles. The molecule has 0 spiro atoms. The molecule has 0 bridgehead atoms. The van der Waals surface area contributed by atoms with Crippen LogP contribution in [0.2, 0.25) is 0 Å². The minimum absolute atomic E-state index is 0. The molecular formula is C8H21N3O2. The van der Waals surface area contributed by atoms with Crippen molar-refractivity contribution in [3.63, 3.8) is 0 Å². The van der Waals surface area contributed by atoms with Crippen molar-refractivity contribution in [1.29, 1.82) is 0 Å². The van der Waals surface area contributed by atoms with Crippen molar-refractivity contribution in [3.8, 4) is 0 Å². The van der Waals surface area contributed by atoms with Crippen molar-refractivity contribution in [3.05, 3.63) is 0 Å². The van der Waals surface area contributed by atoms with Crippen molar-refractivity contribution in [2.45, 2.75) is 20.8 Å². The third kappa shape index (κ3) is 18.1. The van der Waals surface area contributed by atoms with E-state index in [1.807, 2.05) is 0 Å². The van der Waals surface area contributed by atoms with Crippen LogP contribution in [0, 0.1) is 5.92 Å². The van der Waals surface area contributed by atoms with Gasteiger partial charge in [-0.15, -0.1) is 0 Å². The average Bonchev–Trinajstić information content (AvgIpc) is 1.88. The van der Waals surface area contributed by atoms with Crippen LogP contribution in [0.5, 0.6) is 0 Å². The second-order valence-electron chi connectivity index (χ2n) is 2.97. The summed E-state index contributed by atoms with van der Waals surface area (Å²) in [5.74, 6) is -0.157. The molecule has 5 nitrogen and oxygen atoms in total. The van der Waals surface area contributed by atoms with Gasteiger partial charge in [0.25, 0.3) is 0 Å². The largest absolute Gasteiger partial charge is 0.369 e. The first-order chi connectivity index (χ1) is 5.29. The molecule has 0 rings (SSSR count). The van der Waals surface area contributed by atoms with Gasteiger partial charge in [-0.05, 0) is 0 Å². The number of amides is 2. The van der Waals surface area contributed by atoms with Crippen LogP contribution in [0.1, 0.15) is 20.8 Å². The average molecular weight is 191 g/mol. The Hall–Kier alpha value is -1.10. The lowest BCUT2D eigenvalue weighted by Gasteiger charge is -2.02. The monoisotopic (exact) mass is 191 g/mol. The second-order valence-corrected chi connectivity index (χ2v) is 2.97. The van der Waals surface area contributed by atoms with E-state index in [9.17, 15) is 9.59 Å². The summed E-state index contributed by atoms with van der Waals surface area (Å²) in [6.45, 7) is 5.06. The minimum Gasteiger partial charge on any atom is -0.369 e. The zero-order chi connectivity index (χ0) is 10.3. The Morgan fingerprint density at radius 2 is 1.38 bits per heavy atom. The Bertz CT molecular complexity index is 137. The van der Waals surface area contributed by atoms with Crippen molar-refractivity contribution < 1.29 is 9.59 Å². The third-order valence-electron chi connectivity index (χ3n) is 1.20. The van der Waals surface area contributed by atoms with E-state index in [1.54, 1.807) is 27.9 Å². The first-order valence-corrected chi connectivity index (χ1v) is 3.76. The van der Waals surface area contributed by atoms with E-state index in [2.05, 4.69) is 0 Å². The summed E-state index contributed by atoms with van der Waals surface area (Å²) in [6.07, 6.45) is 0. The molecule has 5 N–H and O–H groups in total. The fraction of sp³-hybridized carbons (Fsp3) is 0.750. The van der Waals surface area contributed by atoms with E-state index < -0.39 is 0 Å². The lowest BCUT2D eigenvalue weighted by molar-refractivity contribution is -0.126. The molecule has 0 aliphatic rings. The van der Waals surface area contributed by atoms with Gasteiger partial charge in [0, 0.05) is 26.9 Å². The zero-order valence-electron chi connectivity index (χ0n) is 9.13. The quantitative estimate of drug-likeness (QED) is 0.627. The minimum atomic E-state index is -0.241. The standard InChI is InChI=1S/2C4H9NO.H3N/c1-4(6)5(2)3;1-3(2)4(5)6;/h1-3H3;3H,1-2H3,(H2,5,6);1H3. The highest BCUT2D eigenvalue weighted by Crippen LogP contribution is 1.84. The summed E-state index contributed by atoms with van der Waals surface area (Å²) in [6, 6.07) is 0. The molecule has 0 aromatic heterocycles. The van der Waals surface area contributed by atoms with Gasteiger partial charge in [0.1, 0.15) is 0 Å². The number of nitrogens with zero attached hydrogens (tertiary/aromatic N) is 1. The van der Waals surface area contributed by atoms with Crippen LogP contribution in [-0.4, -0.2) is 30.8 Å². The number of rotatable bonds is 1. The molecule has 0 saturated heterocycles. The van der Waals surface area contributed by atoms with Crippen LogP contribution >= 0.6 is 0 Å². The molecule has 0 fully saturated rings. The topological polar surface area (TPSA) is 98.4 Å². The van der Waals surface area contributed by atoms with Crippen LogP contribution in [0.25, 0.3) is 0 Å². The summed E-state index contributed by atoms with van der Waals surface area (Å²) in [5, 5.41) is 0. The molecule has 13 heavy (non-hydrogen) atoms. The Morgan fingerprint density at radius 3 is 1.38 bits per heavy atom. The number of primary amides is 1. The van der Waals surface area contributed by atoms with Crippen molar-refractivity contribution >= 4 is 11.8 Å². The molecule has 0 heterocycles. The molecule has 2 amide bonds. The number of carbonyl (C=O) groups is 2. The molecule has 80 valence electrons. The number of carbonyl (C=O) groups excluding carboxylic acids is 2. The molecule has 5 heteroatoms. The third-order valence-corrected chi connectivity index (χ3v) is 1.20. The highest BCUT2D eigenvalue weighted by molar-refractivity contribution is 5.75. The molecule has 0 aromatic rings. The van der Waals surface area contributed by atoms with Crippen LogP contribution in [0.4, 0.5) is 0 Å². The zero-order valence-corrected chi connectivity index (χ0v) is 9.13. The van der Waals surface area contributed by atoms with Gasteiger partial charge in [0.15, 0.2) is 0 Å². The summed E-state index contributed by atoms with van der Waals surface area (Å²) in [4.78, 5) is 21.5. The summed E-state index contributed by atoms with van der Waals surface area (Å²) in [5.41, 5.74) is 4.80.